The van der Waals surface area contributed by atoms with E-state index >= 15 is 0 Å². The van der Waals surface area contributed by atoms with Gasteiger partial charge in [0.25, 0.3) is 7.41 Å². The van der Waals surface area contributed by atoms with E-state index in [1.54, 1.807) is 0 Å². The lowest BCUT2D eigenvalue weighted by Gasteiger charge is -2.24. The van der Waals surface area contributed by atoms with Crippen molar-refractivity contribution >= 4 is 24.3 Å². The van der Waals surface area contributed by atoms with Crippen LogP contribution < -0.4 is 10.3 Å². The van der Waals surface area contributed by atoms with Crippen LogP contribution in [0.25, 0.3) is 0 Å². The minimum atomic E-state index is 0. The van der Waals surface area contributed by atoms with Crippen molar-refractivity contribution in [3.8, 4) is 0 Å². The summed E-state index contributed by atoms with van der Waals surface area (Å²) in [6.45, 7) is 0. The van der Waals surface area contributed by atoms with Crippen LogP contribution in [0.15, 0.2) is 91.0 Å². The van der Waals surface area contributed by atoms with E-state index in [4.69, 9.17) is 0 Å². The summed E-state index contributed by atoms with van der Waals surface area (Å²) in [7, 11) is 2.16. The molecule has 0 heterocycles. The Bertz CT molecular complexity index is 608. The smallest absolute Gasteiger partial charge is 0.290 e. The number of benzene rings is 3. The number of rotatable bonds is 4. The standard InChI is InChI=1S/C18H15BN.2H2O/c1-4-10-16(11-5-1)19-20(17-12-6-2-7-13-17)18-14-8-3-9-15-18;;/h1-15H;2*1H2. The third kappa shape index (κ3) is 4.22. The predicted octanol–water partition coefficient (Wildman–Crippen LogP) is 2.12. The van der Waals surface area contributed by atoms with Crippen molar-refractivity contribution in [3.63, 3.8) is 0 Å². The monoisotopic (exact) mass is 292 g/mol. The maximum atomic E-state index is 2.20. The highest BCUT2D eigenvalue weighted by Gasteiger charge is 2.11. The zero-order valence-corrected chi connectivity index (χ0v) is 12.2. The van der Waals surface area contributed by atoms with Crippen LogP contribution >= 0.6 is 0 Å². The molecule has 0 atom stereocenters. The van der Waals surface area contributed by atoms with Crippen molar-refractivity contribution in [2.45, 2.75) is 0 Å². The van der Waals surface area contributed by atoms with E-state index in [0.717, 1.165) is 11.4 Å². The zero-order valence-electron chi connectivity index (χ0n) is 12.2. The largest absolute Gasteiger partial charge is 0.412 e. The molecule has 4 heteroatoms. The van der Waals surface area contributed by atoms with Crippen LogP contribution in [-0.4, -0.2) is 18.4 Å². The third-order valence-electron chi connectivity index (χ3n) is 3.15. The van der Waals surface area contributed by atoms with Crippen molar-refractivity contribution in [3.05, 3.63) is 91.0 Å². The molecule has 4 N–H and O–H groups in total. The molecule has 0 fully saturated rings. The first-order valence-electron chi connectivity index (χ1n) is 6.73. The molecule has 3 rings (SSSR count). The number of hydrogen-bond donors (Lipinski definition) is 0. The molecule has 0 aliphatic heterocycles. The summed E-state index contributed by atoms with van der Waals surface area (Å²) in [5.41, 5.74) is 3.49. The minimum absolute atomic E-state index is 0. The molecule has 1 radical (unpaired) electrons. The van der Waals surface area contributed by atoms with Crippen LogP contribution in [0.2, 0.25) is 0 Å². The second-order valence-electron chi connectivity index (χ2n) is 4.58. The van der Waals surface area contributed by atoms with Crippen molar-refractivity contribution in [2.75, 3.05) is 4.81 Å². The Morgan fingerprint density at radius 1 is 0.500 bits per heavy atom. The molecule has 0 aliphatic carbocycles. The van der Waals surface area contributed by atoms with Gasteiger partial charge in [-0.25, -0.2) is 0 Å². The predicted molar refractivity (Wildman–Crippen MR) is 94.1 cm³/mol. The summed E-state index contributed by atoms with van der Waals surface area (Å²) in [6, 6.07) is 31.1. The van der Waals surface area contributed by atoms with Crippen LogP contribution in [0, 0.1) is 0 Å². The molecule has 3 nitrogen and oxygen atoms in total. The van der Waals surface area contributed by atoms with Crippen LogP contribution in [-0.2, 0) is 0 Å². The first-order valence-corrected chi connectivity index (χ1v) is 6.73. The van der Waals surface area contributed by atoms with Gasteiger partial charge < -0.3 is 15.8 Å². The fourth-order valence-electron chi connectivity index (χ4n) is 2.16. The molecule has 0 amide bonds. The highest BCUT2D eigenvalue weighted by atomic mass is 16.0. The van der Waals surface area contributed by atoms with Crippen molar-refractivity contribution < 1.29 is 11.0 Å². The van der Waals surface area contributed by atoms with E-state index in [9.17, 15) is 0 Å². The molecular weight excluding hydrogens is 273 g/mol. The number of hydrogen-bond acceptors (Lipinski definition) is 1. The number of nitrogens with zero attached hydrogens (tertiary/aromatic N) is 1. The first-order chi connectivity index (χ1) is 9.93. The van der Waals surface area contributed by atoms with Gasteiger partial charge in [0.15, 0.2) is 0 Å². The lowest BCUT2D eigenvalue weighted by molar-refractivity contribution is 0.823. The van der Waals surface area contributed by atoms with Crippen molar-refractivity contribution in [2.24, 2.45) is 0 Å². The molecule has 0 saturated carbocycles. The van der Waals surface area contributed by atoms with Gasteiger partial charge >= 0.3 is 0 Å². The molecule has 0 saturated heterocycles. The number of anilines is 2. The number of para-hydroxylation sites is 2. The average molecular weight is 292 g/mol. The van der Waals surface area contributed by atoms with Gasteiger partial charge in [0.2, 0.25) is 0 Å². The maximum Gasteiger partial charge on any atom is 0.290 e. The lowest BCUT2D eigenvalue weighted by atomic mass is 9.79. The van der Waals surface area contributed by atoms with Crippen molar-refractivity contribution in [1.29, 1.82) is 0 Å². The van der Waals surface area contributed by atoms with Crippen LogP contribution in [0.3, 0.4) is 0 Å². The Labute approximate surface area is 131 Å². The highest BCUT2D eigenvalue weighted by Crippen LogP contribution is 2.23. The maximum absolute atomic E-state index is 2.20. The van der Waals surface area contributed by atoms with Gasteiger partial charge in [-0.2, -0.15) is 0 Å². The fraction of sp³-hybridized carbons (Fsp3) is 0. The van der Waals surface area contributed by atoms with E-state index < -0.39 is 0 Å². The minimum Gasteiger partial charge on any atom is -0.412 e. The Balaban J connectivity index is 0.00000121. The van der Waals surface area contributed by atoms with Crippen molar-refractivity contribution in [1.82, 2.24) is 0 Å². The van der Waals surface area contributed by atoms with Gasteiger partial charge in [-0.1, -0.05) is 72.2 Å². The summed E-state index contributed by atoms with van der Waals surface area (Å²) < 4.78 is 0. The zero-order chi connectivity index (χ0) is 13.6. The summed E-state index contributed by atoms with van der Waals surface area (Å²) in [5, 5.41) is 0. The molecule has 0 aromatic heterocycles. The molecule has 0 bridgehead atoms. The molecule has 3 aromatic carbocycles. The van der Waals surface area contributed by atoms with E-state index in [1.165, 1.54) is 5.46 Å². The van der Waals surface area contributed by atoms with Gasteiger partial charge in [0, 0.05) is 11.4 Å². The van der Waals surface area contributed by atoms with Gasteiger partial charge in [-0.3, -0.25) is 0 Å². The van der Waals surface area contributed by atoms with Crippen LogP contribution in [0.5, 0.6) is 0 Å². The summed E-state index contributed by atoms with van der Waals surface area (Å²) in [6.07, 6.45) is 0. The normalized spacial score (nSPS) is 9.09. The Morgan fingerprint density at radius 2 is 0.864 bits per heavy atom. The van der Waals surface area contributed by atoms with E-state index in [2.05, 4.69) is 85.0 Å². The van der Waals surface area contributed by atoms with Crippen LogP contribution in [0.1, 0.15) is 0 Å². The topological polar surface area (TPSA) is 66.2 Å². The van der Waals surface area contributed by atoms with E-state index in [1.807, 2.05) is 18.2 Å². The molecule has 111 valence electrons. The molecule has 0 aliphatic rings. The molecule has 0 unspecified atom stereocenters. The molecular formula is C18H19BNO2. The van der Waals surface area contributed by atoms with Gasteiger partial charge in [0.05, 0.1) is 0 Å². The summed E-state index contributed by atoms with van der Waals surface area (Å²) in [4.78, 5) is 2.20. The lowest BCUT2D eigenvalue weighted by Crippen LogP contribution is -2.32. The summed E-state index contributed by atoms with van der Waals surface area (Å²) in [5.74, 6) is 0. The first kappa shape index (κ1) is 17.5. The Hall–Kier alpha value is -2.56. The Morgan fingerprint density at radius 3 is 1.27 bits per heavy atom. The fourth-order valence-corrected chi connectivity index (χ4v) is 2.16. The second-order valence-corrected chi connectivity index (χ2v) is 4.58. The Kier molecular flexibility index (Phi) is 6.90. The molecule has 3 aromatic rings. The van der Waals surface area contributed by atoms with Crippen LogP contribution in [0.4, 0.5) is 11.4 Å². The third-order valence-corrected chi connectivity index (χ3v) is 3.15. The molecule has 0 spiro atoms. The molecule has 22 heavy (non-hydrogen) atoms. The van der Waals surface area contributed by atoms with Gasteiger partial charge in [-0.15, -0.1) is 0 Å². The summed E-state index contributed by atoms with van der Waals surface area (Å²) >= 11 is 0. The van der Waals surface area contributed by atoms with E-state index in [-0.39, 0.29) is 11.0 Å². The average Bonchev–Trinajstić information content (AvgIpc) is 2.55. The van der Waals surface area contributed by atoms with Gasteiger partial charge in [0.1, 0.15) is 0 Å². The highest BCUT2D eigenvalue weighted by molar-refractivity contribution is 6.59. The van der Waals surface area contributed by atoms with E-state index in [0.29, 0.717) is 0 Å². The quantitative estimate of drug-likeness (QED) is 0.679. The van der Waals surface area contributed by atoms with Gasteiger partial charge in [-0.05, 0) is 24.3 Å². The SMILES string of the molecule is O.O.[B](c1ccccc1)N(c1ccccc1)c1ccccc1. The second kappa shape index (κ2) is 8.67.